The molecule has 2 rings (SSSR count). The van der Waals surface area contributed by atoms with Gasteiger partial charge in [-0.3, -0.25) is 14.9 Å². The summed E-state index contributed by atoms with van der Waals surface area (Å²) in [6.45, 7) is 3.25. The number of benzene rings is 1. The van der Waals surface area contributed by atoms with Crippen molar-refractivity contribution < 1.29 is 9.59 Å². The Morgan fingerprint density at radius 2 is 1.91 bits per heavy atom. The molecule has 5 nitrogen and oxygen atoms in total. The highest BCUT2D eigenvalue weighted by molar-refractivity contribution is 7.99. The third-order valence-electron chi connectivity index (χ3n) is 3.69. The molecule has 1 unspecified atom stereocenters. The molecule has 0 saturated carbocycles. The Hall–Kier alpha value is -1.24. The summed E-state index contributed by atoms with van der Waals surface area (Å²) < 4.78 is 0. The number of carbonyl (C=O) groups is 2. The second kappa shape index (κ2) is 9.15. The van der Waals surface area contributed by atoms with E-state index in [1.807, 2.05) is 36.1 Å². The number of rotatable bonds is 5. The molecule has 1 aliphatic rings. The first-order valence-electron chi connectivity index (χ1n) is 7.43. The van der Waals surface area contributed by atoms with E-state index < -0.39 is 0 Å². The van der Waals surface area contributed by atoms with E-state index in [1.54, 1.807) is 30.8 Å². The number of likely N-dealkylation sites (N-methyl/N-ethyl adjacent to an activating group) is 1. The zero-order valence-electron chi connectivity index (χ0n) is 13.7. The van der Waals surface area contributed by atoms with E-state index in [4.69, 9.17) is 0 Å². The van der Waals surface area contributed by atoms with Gasteiger partial charge < -0.3 is 9.80 Å². The Morgan fingerprint density at radius 1 is 1.26 bits per heavy atom. The quantitative estimate of drug-likeness (QED) is 0.873. The second-order valence-electron chi connectivity index (χ2n) is 5.52. The van der Waals surface area contributed by atoms with Crippen LogP contribution < -0.4 is 5.32 Å². The topological polar surface area (TPSA) is 52.7 Å². The number of halogens is 1. The van der Waals surface area contributed by atoms with E-state index in [0.717, 1.165) is 17.2 Å². The summed E-state index contributed by atoms with van der Waals surface area (Å²) in [7, 11) is 3.47. The van der Waals surface area contributed by atoms with Gasteiger partial charge in [0.25, 0.3) is 5.91 Å². The molecule has 1 fully saturated rings. The molecule has 1 heterocycles. The SMILES string of the molecule is CCN(Cc1ccc(C(=O)N(C)C)cc1)C(=O)C1CSCN1.Cl. The number of hydrogen-bond donors (Lipinski definition) is 1. The van der Waals surface area contributed by atoms with Gasteiger partial charge >= 0.3 is 0 Å². The van der Waals surface area contributed by atoms with Crippen LogP contribution in [0.4, 0.5) is 0 Å². The second-order valence-corrected chi connectivity index (χ2v) is 6.55. The highest BCUT2D eigenvalue weighted by atomic mass is 35.5. The minimum Gasteiger partial charge on any atom is -0.345 e. The Morgan fingerprint density at radius 3 is 2.39 bits per heavy atom. The summed E-state index contributed by atoms with van der Waals surface area (Å²) in [5.74, 6) is 1.82. The van der Waals surface area contributed by atoms with Gasteiger partial charge in [0.05, 0.1) is 6.04 Å². The van der Waals surface area contributed by atoms with Gasteiger partial charge in [0.1, 0.15) is 0 Å². The van der Waals surface area contributed by atoms with Crippen molar-refractivity contribution in [1.82, 2.24) is 15.1 Å². The molecule has 0 spiro atoms. The molecule has 0 radical (unpaired) electrons. The van der Waals surface area contributed by atoms with Crippen LogP contribution in [0.15, 0.2) is 24.3 Å². The molecular formula is C16H24ClN3O2S. The zero-order valence-corrected chi connectivity index (χ0v) is 15.4. The largest absolute Gasteiger partial charge is 0.345 e. The van der Waals surface area contributed by atoms with Gasteiger partial charge in [0, 0.05) is 44.4 Å². The van der Waals surface area contributed by atoms with Crippen molar-refractivity contribution in [3.8, 4) is 0 Å². The van der Waals surface area contributed by atoms with Crippen LogP contribution in [0.3, 0.4) is 0 Å². The lowest BCUT2D eigenvalue weighted by atomic mass is 10.1. The molecule has 0 bridgehead atoms. The Labute approximate surface area is 148 Å². The number of carbonyl (C=O) groups excluding carboxylic acids is 2. The molecule has 2 amide bonds. The van der Waals surface area contributed by atoms with E-state index in [0.29, 0.717) is 18.7 Å². The fourth-order valence-corrected chi connectivity index (χ4v) is 3.28. The van der Waals surface area contributed by atoms with E-state index >= 15 is 0 Å². The number of hydrogen-bond acceptors (Lipinski definition) is 4. The van der Waals surface area contributed by atoms with Crippen molar-refractivity contribution in [3.05, 3.63) is 35.4 Å². The van der Waals surface area contributed by atoms with Gasteiger partial charge in [-0.1, -0.05) is 12.1 Å². The van der Waals surface area contributed by atoms with E-state index in [1.165, 1.54) is 0 Å². The van der Waals surface area contributed by atoms with E-state index in [9.17, 15) is 9.59 Å². The smallest absolute Gasteiger partial charge is 0.253 e. The molecule has 1 aromatic rings. The number of thioether (sulfide) groups is 1. The maximum Gasteiger partial charge on any atom is 0.253 e. The summed E-state index contributed by atoms with van der Waals surface area (Å²) in [4.78, 5) is 27.7. The molecule has 1 saturated heterocycles. The minimum atomic E-state index is -0.0699. The normalized spacial score (nSPS) is 16.6. The van der Waals surface area contributed by atoms with Crippen molar-refractivity contribution in [2.75, 3.05) is 32.3 Å². The van der Waals surface area contributed by atoms with Crippen molar-refractivity contribution in [2.45, 2.75) is 19.5 Å². The predicted octanol–water partition coefficient (Wildman–Crippen LogP) is 1.82. The van der Waals surface area contributed by atoms with Crippen molar-refractivity contribution >= 4 is 36.0 Å². The molecular weight excluding hydrogens is 334 g/mol. The van der Waals surface area contributed by atoms with Crippen LogP contribution >= 0.6 is 24.2 Å². The van der Waals surface area contributed by atoms with Gasteiger partial charge in [-0.25, -0.2) is 0 Å². The van der Waals surface area contributed by atoms with Gasteiger partial charge in [-0.2, -0.15) is 0 Å². The summed E-state index contributed by atoms with van der Waals surface area (Å²) in [5, 5.41) is 3.22. The van der Waals surface area contributed by atoms with Crippen LogP contribution in [-0.2, 0) is 11.3 Å². The summed E-state index contributed by atoms with van der Waals surface area (Å²) in [5.41, 5.74) is 1.70. The van der Waals surface area contributed by atoms with Crippen molar-refractivity contribution in [1.29, 1.82) is 0 Å². The van der Waals surface area contributed by atoms with Crippen LogP contribution in [0.1, 0.15) is 22.8 Å². The average molecular weight is 358 g/mol. The zero-order chi connectivity index (χ0) is 16.1. The van der Waals surface area contributed by atoms with Gasteiger partial charge in [-0.05, 0) is 24.6 Å². The number of nitrogens with one attached hydrogen (secondary N) is 1. The Kier molecular flexibility index (Phi) is 7.88. The Balaban J connectivity index is 0.00000264. The Bertz CT molecular complexity index is 531. The maximum atomic E-state index is 12.4. The molecule has 1 N–H and O–H groups in total. The van der Waals surface area contributed by atoms with E-state index in [2.05, 4.69) is 5.32 Å². The minimum absolute atomic E-state index is 0. The van der Waals surface area contributed by atoms with Gasteiger partial charge in [-0.15, -0.1) is 24.2 Å². The molecule has 7 heteroatoms. The highest BCUT2D eigenvalue weighted by Crippen LogP contribution is 2.14. The first-order valence-corrected chi connectivity index (χ1v) is 8.59. The lowest BCUT2D eigenvalue weighted by Crippen LogP contribution is -2.44. The number of amides is 2. The van der Waals surface area contributed by atoms with Crippen LogP contribution in [0.25, 0.3) is 0 Å². The molecule has 0 aromatic heterocycles. The molecule has 23 heavy (non-hydrogen) atoms. The lowest BCUT2D eigenvalue weighted by molar-refractivity contribution is -0.133. The summed E-state index contributed by atoms with van der Waals surface area (Å²) in [6, 6.07) is 7.41. The average Bonchev–Trinajstić information content (AvgIpc) is 3.06. The first-order chi connectivity index (χ1) is 10.5. The molecule has 1 aromatic carbocycles. The molecule has 128 valence electrons. The van der Waals surface area contributed by atoms with Crippen LogP contribution in [0.5, 0.6) is 0 Å². The highest BCUT2D eigenvalue weighted by Gasteiger charge is 2.26. The number of nitrogens with zero attached hydrogens (tertiary/aromatic N) is 2. The van der Waals surface area contributed by atoms with Crippen molar-refractivity contribution in [2.24, 2.45) is 0 Å². The predicted molar refractivity (Wildman–Crippen MR) is 97.0 cm³/mol. The van der Waals surface area contributed by atoms with Crippen LogP contribution in [-0.4, -0.2) is 59.9 Å². The lowest BCUT2D eigenvalue weighted by Gasteiger charge is -2.24. The maximum absolute atomic E-state index is 12.4. The monoisotopic (exact) mass is 357 g/mol. The standard InChI is InChI=1S/C16H23N3O2S.ClH/c1-4-19(16(21)14-10-22-11-17-14)9-12-5-7-13(8-6-12)15(20)18(2)3;/h5-8,14,17H,4,9-11H2,1-3H3;1H. The van der Waals surface area contributed by atoms with Crippen molar-refractivity contribution in [3.63, 3.8) is 0 Å². The molecule has 1 atom stereocenters. The summed E-state index contributed by atoms with van der Waals surface area (Å²) >= 11 is 1.75. The van der Waals surface area contributed by atoms with Crippen LogP contribution in [0.2, 0.25) is 0 Å². The summed E-state index contributed by atoms with van der Waals surface area (Å²) in [6.07, 6.45) is 0. The fourth-order valence-electron chi connectivity index (χ4n) is 2.35. The fraction of sp³-hybridized carbons (Fsp3) is 0.500. The third kappa shape index (κ3) is 5.12. The third-order valence-corrected chi connectivity index (χ3v) is 4.63. The van der Waals surface area contributed by atoms with Gasteiger partial charge in [0.15, 0.2) is 0 Å². The van der Waals surface area contributed by atoms with Gasteiger partial charge in [0.2, 0.25) is 5.91 Å². The first kappa shape index (κ1) is 19.8. The van der Waals surface area contributed by atoms with E-state index in [-0.39, 0.29) is 30.3 Å². The van der Waals surface area contributed by atoms with Crippen LogP contribution in [0, 0.1) is 0 Å². The molecule has 1 aliphatic heterocycles. The molecule has 0 aliphatic carbocycles.